The van der Waals surface area contributed by atoms with E-state index < -0.39 is 29.9 Å². The van der Waals surface area contributed by atoms with E-state index in [1.807, 2.05) is 113 Å². The number of rotatable bonds is 17. The number of aliphatic hydroxyl groups is 1. The number of para-hydroxylation sites is 1. The van der Waals surface area contributed by atoms with Crippen molar-refractivity contribution in [3.8, 4) is 5.75 Å². The molecule has 4 unspecified atom stereocenters. The number of Topliss-reactive ketones (excluding diaryl/α,β-unsaturated/α-hetero) is 1. The van der Waals surface area contributed by atoms with Crippen molar-refractivity contribution in [3.63, 3.8) is 0 Å². The van der Waals surface area contributed by atoms with Gasteiger partial charge in [-0.3, -0.25) is 19.2 Å². The zero-order chi connectivity index (χ0) is 39.5. The molecule has 2 aliphatic rings. The average molecular weight is 759 g/mol. The van der Waals surface area contributed by atoms with Gasteiger partial charge in [0, 0.05) is 19.2 Å². The molecule has 6 rings (SSSR count). The number of aryl methyl sites for hydroxylation is 1. The first-order chi connectivity index (χ1) is 27.1. The summed E-state index contributed by atoms with van der Waals surface area (Å²) in [5.41, 5.74) is 3.12. The molecular weight excluding hydrogens is 705 g/mol. The first-order valence-electron chi connectivity index (χ1n) is 19.8. The lowest BCUT2D eigenvalue weighted by molar-refractivity contribution is -0.137. The number of carbonyl (C=O) groups excluding carboxylic acids is 4. The number of anilines is 1. The van der Waals surface area contributed by atoms with Crippen LogP contribution in [0.3, 0.4) is 0 Å². The van der Waals surface area contributed by atoms with Gasteiger partial charge in [0.05, 0.1) is 17.5 Å². The standard InChI is InChI=1S/C46H54N4O6/c1-33(51)40(48-45(55)46(26-12-13-27-46)28-29-47-34(2)52)30-37-20-23-38(24-21-37)49-42(25-22-35-14-6-3-7-15-35)50(43(53)32-56-39-18-10-5-11-19-39)41(44(49)54)31-36-16-8-4-9-17-36/h3-11,14-21,23-24,40-42,44,54H,12-13,22,25-32H2,1-2H3,(H,47,52)(H,48,55). The van der Waals surface area contributed by atoms with Crippen molar-refractivity contribution in [3.05, 3.63) is 132 Å². The molecule has 3 N–H and O–H groups in total. The Bertz CT molecular complexity index is 1900. The smallest absolute Gasteiger partial charge is 0.262 e. The molecule has 2 fully saturated rings. The number of amides is 3. The number of ketones is 1. The van der Waals surface area contributed by atoms with E-state index in [1.165, 1.54) is 13.8 Å². The molecule has 0 spiro atoms. The van der Waals surface area contributed by atoms with Crippen LogP contribution in [-0.4, -0.2) is 71.1 Å². The predicted octanol–water partition coefficient (Wildman–Crippen LogP) is 6.01. The third-order valence-corrected chi connectivity index (χ3v) is 11.3. The highest BCUT2D eigenvalue weighted by Crippen LogP contribution is 2.41. The summed E-state index contributed by atoms with van der Waals surface area (Å²) in [6, 6.07) is 35.7. The molecule has 294 valence electrons. The molecule has 1 aliphatic heterocycles. The van der Waals surface area contributed by atoms with Crippen LogP contribution in [0.1, 0.15) is 69.1 Å². The van der Waals surface area contributed by atoms with Gasteiger partial charge >= 0.3 is 0 Å². The van der Waals surface area contributed by atoms with Gasteiger partial charge in [0.2, 0.25) is 11.8 Å². The molecule has 3 amide bonds. The Morgan fingerprint density at radius 3 is 2.02 bits per heavy atom. The number of ether oxygens (including phenoxy) is 1. The quantitative estimate of drug-likeness (QED) is 0.121. The highest BCUT2D eigenvalue weighted by Gasteiger charge is 2.48. The normalized spacial score (nSPS) is 19.3. The van der Waals surface area contributed by atoms with Crippen molar-refractivity contribution >= 4 is 29.2 Å². The van der Waals surface area contributed by atoms with Gasteiger partial charge in [-0.1, -0.05) is 104 Å². The fourth-order valence-electron chi connectivity index (χ4n) is 8.32. The maximum absolute atomic E-state index is 14.3. The van der Waals surface area contributed by atoms with Crippen LogP contribution in [0.5, 0.6) is 5.75 Å². The zero-order valence-electron chi connectivity index (χ0n) is 32.4. The Hall–Kier alpha value is -5.48. The van der Waals surface area contributed by atoms with Gasteiger partial charge in [-0.05, 0) is 92.8 Å². The summed E-state index contributed by atoms with van der Waals surface area (Å²) in [6.07, 6.45) is 4.34. The SMILES string of the molecule is CC(=O)NCCC1(C(=O)NC(Cc2ccc(N3C(O)C(Cc4ccccc4)N(C(=O)COc4ccccc4)C3CCc3ccccc3)cc2)C(C)=O)CCCC1. The minimum absolute atomic E-state index is 0.129. The van der Waals surface area contributed by atoms with Crippen molar-refractivity contribution in [1.82, 2.24) is 15.5 Å². The Balaban J connectivity index is 1.25. The third-order valence-electron chi connectivity index (χ3n) is 11.3. The number of nitrogens with one attached hydrogen (secondary N) is 2. The zero-order valence-corrected chi connectivity index (χ0v) is 32.4. The number of hydrogen-bond acceptors (Lipinski definition) is 7. The van der Waals surface area contributed by atoms with E-state index in [2.05, 4.69) is 22.8 Å². The lowest BCUT2D eigenvalue weighted by atomic mass is 9.81. The molecule has 4 aromatic carbocycles. The van der Waals surface area contributed by atoms with Gasteiger partial charge < -0.3 is 30.3 Å². The molecule has 10 nitrogen and oxygen atoms in total. The summed E-state index contributed by atoms with van der Waals surface area (Å²) >= 11 is 0. The Labute approximate surface area is 330 Å². The molecule has 1 saturated carbocycles. The maximum Gasteiger partial charge on any atom is 0.262 e. The lowest BCUT2D eigenvalue weighted by Crippen LogP contribution is -2.49. The molecule has 0 radical (unpaired) electrons. The van der Waals surface area contributed by atoms with Gasteiger partial charge in [-0.2, -0.15) is 0 Å². The highest BCUT2D eigenvalue weighted by atomic mass is 16.5. The van der Waals surface area contributed by atoms with Crippen molar-refractivity contribution in [2.75, 3.05) is 18.1 Å². The third kappa shape index (κ3) is 10.0. The van der Waals surface area contributed by atoms with E-state index in [9.17, 15) is 24.3 Å². The first kappa shape index (κ1) is 40.2. The van der Waals surface area contributed by atoms with Crippen molar-refractivity contribution in [1.29, 1.82) is 0 Å². The van der Waals surface area contributed by atoms with Gasteiger partial charge in [0.15, 0.2) is 12.4 Å². The Morgan fingerprint density at radius 1 is 0.804 bits per heavy atom. The molecule has 0 bridgehead atoms. The maximum atomic E-state index is 14.3. The fourth-order valence-corrected chi connectivity index (χ4v) is 8.32. The number of nitrogens with zero attached hydrogens (tertiary/aromatic N) is 2. The Morgan fingerprint density at radius 2 is 1.41 bits per heavy atom. The molecule has 1 saturated heterocycles. The number of aliphatic hydroxyl groups excluding tert-OH is 1. The van der Waals surface area contributed by atoms with Crippen LogP contribution < -0.4 is 20.3 Å². The minimum atomic E-state index is -1.02. The molecule has 10 heteroatoms. The van der Waals surface area contributed by atoms with Crippen LogP contribution in [0.4, 0.5) is 5.69 Å². The Kier molecular flexibility index (Phi) is 13.6. The summed E-state index contributed by atoms with van der Waals surface area (Å²) in [5, 5.41) is 18.1. The van der Waals surface area contributed by atoms with Crippen LogP contribution in [-0.2, 0) is 38.4 Å². The van der Waals surface area contributed by atoms with Gasteiger partial charge in [0.1, 0.15) is 18.1 Å². The largest absolute Gasteiger partial charge is 0.484 e. The van der Waals surface area contributed by atoms with Crippen LogP contribution >= 0.6 is 0 Å². The second-order valence-corrected chi connectivity index (χ2v) is 15.2. The lowest BCUT2D eigenvalue weighted by Gasteiger charge is -2.33. The monoisotopic (exact) mass is 758 g/mol. The average Bonchev–Trinajstić information content (AvgIpc) is 3.80. The second kappa shape index (κ2) is 18.9. The topological polar surface area (TPSA) is 128 Å². The molecular formula is C46H54N4O6. The fraction of sp³-hybridized carbons (Fsp3) is 0.391. The molecule has 1 aliphatic carbocycles. The van der Waals surface area contributed by atoms with E-state index in [0.29, 0.717) is 44.4 Å². The van der Waals surface area contributed by atoms with Crippen molar-refractivity contribution < 1.29 is 29.0 Å². The van der Waals surface area contributed by atoms with Crippen LogP contribution in [0.15, 0.2) is 115 Å². The molecule has 1 heterocycles. The summed E-state index contributed by atoms with van der Waals surface area (Å²) in [5.74, 6) is -0.0242. The summed E-state index contributed by atoms with van der Waals surface area (Å²) < 4.78 is 5.97. The van der Waals surface area contributed by atoms with Crippen LogP contribution in [0.25, 0.3) is 0 Å². The van der Waals surface area contributed by atoms with Gasteiger partial charge in [-0.25, -0.2) is 0 Å². The van der Waals surface area contributed by atoms with E-state index in [4.69, 9.17) is 4.74 Å². The summed E-state index contributed by atoms with van der Waals surface area (Å²) in [7, 11) is 0. The number of hydrogen-bond donors (Lipinski definition) is 3. The molecule has 4 aromatic rings. The predicted molar refractivity (Wildman–Crippen MR) is 217 cm³/mol. The van der Waals surface area contributed by atoms with E-state index in [0.717, 1.165) is 48.1 Å². The molecule has 0 aromatic heterocycles. The number of benzene rings is 4. The van der Waals surface area contributed by atoms with Gasteiger partial charge in [-0.15, -0.1) is 0 Å². The summed E-state index contributed by atoms with van der Waals surface area (Å²) in [4.78, 5) is 56.2. The van der Waals surface area contributed by atoms with Crippen LogP contribution in [0.2, 0.25) is 0 Å². The van der Waals surface area contributed by atoms with Crippen molar-refractivity contribution in [2.45, 2.75) is 96.1 Å². The van der Waals surface area contributed by atoms with Gasteiger partial charge in [0.25, 0.3) is 5.91 Å². The molecule has 56 heavy (non-hydrogen) atoms. The minimum Gasteiger partial charge on any atom is -0.484 e. The van der Waals surface area contributed by atoms with E-state index in [-0.39, 0.29) is 30.1 Å². The number of carbonyl (C=O) groups is 4. The van der Waals surface area contributed by atoms with E-state index in [1.54, 1.807) is 0 Å². The second-order valence-electron chi connectivity index (χ2n) is 15.2. The van der Waals surface area contributed by atoms with E-state index >= 15 is 0 Å². The van der Waals surface area contributed by atoms with Crippen molar-refractivity contribution in [2.24, 2.45) is 5.41 Å². The van der Waals surface area contributed by atoms with Crippen LogP contribution in [0, 0.1) is 5.41 Å². The highest BCUT2D eigenvalue weighted by molar-refractivity contribution is 5.90. The molecule has 4 atom stereocenters. The summed E-state index contributed by atoms with van der Waals surface area (Å²) in [6.45, 7) is 3.20. The first-order valence-corrected chi connectivity index (χ1v) is 19.8.